The van der Waals surface area contributed by atoms with Gasteiger partial charge in [-0.2, -0.15) is 0 Å². The number of aromatic amines is 1. The van der Waals surface area contributed by atoms with Gasteiger partial charge in [-0.25, -0.2) is 15.0 Å². The zero-order valence-corrected chi connectivity index (χ0v) is 17.3. The Bertz CT molecular complexity index is 1260. The van der Waals surface area contributed by atoms with E-state index in [1.165, 1.54) is 11.3 Å². The average molecular weight is 420 g/mol. The molecule has 1 aromatic carbocycles. The number of carbonyl (C=O) groups excluding carboxylic acids is 2. The Balaban J connectivity index is 1.55. The molecule has 30 heavy (non-hydrogen) atoms. The van der Waals surface area contributed by atoms with Crippen LogP contribution >= 0.6 is 11.3 Å². The molecule has 0 unspecified atom stereocenters. The Kier molecular flexibility index (Phi) is 5.28. The topological polar surface area (TPSA) is 127 Å². The molecule has 152 valence electrons. The van der Waals surface area contributed by atoms with Gasteiger partial charge < -0.3 is 10.7 Å². The molecule has 0 radical (unpaired) electrons. The summed E-state index contributed by atoms with van der Waals surface area (Å²) in [5.74, 6) is -0.814. The lowest BCUT2D eigenvalue weighted by Gasteiger charge is -2.08. The quantitative estimate of drug-likeness (QED) is 0.440. The number of nitrogens with two attached hydrogens (primary N) is 1. The Labute approximate surface area is 176 Å². The summed E-state index contributed by atoms with van der Waals surface area (Å²) < 4.78 is 0. The molecule has 0 aliphatic rings. The van der Waals surface area contributed by atoms with Crippen LogP contribution in [0.2, 0.25) is 0 Å². The van der Waals surface area contributed by atoms with Gasteiger partial charge in [-0.15, -0.1) is 11.3 Å². The SMILES string of the molecule is CCc1nc2ccc(C(=O)Nc3nc(-c4c[nH]c(C(N)=O)c4)cs3)cc2nc1CC. The third-order valence-corrected chi connectivity index (χ3v) is 5.48. The maximum absolute atomic E-state index is 12.7. The second-order valence-corrected chi connectivity index (χ2v) is 7.54. The minimum atomic E-state index is -0.540. The summed E-state index contributed by atoms with van der Waals surface area (Å²) in [6.07, 6.45) is 3.27. The van der Waals surface area contributed by atoms with Crippen molar-refractivity contribution in [1.29, 1.82) is 0 Å². The fraction of sp³-hybridized carbons (Fsp3) is 0.190. The zero-order valence-electron chi connectivity index (χ0n) is 16.5. The van der Waals surface area contributed by atoms with Crippen molar-refractivity contribution in [2.45, 2.75) is 26.7 Å². The summed E-state index contributed by atoms with van der Waals surface area (Å²) in [4.78, 5) is 40.5. The van der Waals surface area contributed by atoms with E-state index in [1.807, 2.05) is 13.0 Å². The molecule has 0 spiro atoms. The summed E-state index contributed by atoms with van der Waals surface area (Å²) in [7, 11) is 0. The van der Waals surface area contributed by atoms with Gasteiger partial charge in [0.15, 0.2) is 5.13 Å². The first-order valence-corrected chi connectivity index (χ1v) is 10.4. The number of thiazole rings is 1. The van der Waals surface area contributed by atoms with Crippen molar-refractivity contribution >= 4 is 39.3 Å². The van der Waals surface area contributed by atoms with Crippen LogP contribution < -0.4 is 11.1 Å². The van der Waals surface area contributed by atoms with Crippen molar-refractivity contribution < 1.29 is 9.59 Å². The van der Waals surface area contributed by atoms with Gasteiger partial charge in [-0.1, -0.05) is 13.8 Å². The normalized spacial score (nSPS) is 11.0. The lowest BCUT2D eigenvalue weighted by molar-refractivity contribution is 0.0994. The third kappa shape index (κ3) is 3.79. The largest absolute Gasteiger partial charge is 0.364 e. The van der Waals surface area contributed by atoms with Crippen LogP contribution in [0.5, 0.6) is 0 Å². The van der Waals surface area contributed by atoms with E-state index in [4.69, 9.17) is 5.73 Å². The highest BCUT2D eigenvalue weighted by Crippen LogP contribution is 2.26. The van der Waals surface area contributed by atoms with Gasteiger partial charge in [0, 0.05) is 22.7 Å². The lowest BCUT2D eigenvalue weighted by atomic mass is 10.1. The van der Waals surface area contributed by atoms with Gasteiger partial charge in [0.2, 0.25) is 0 Å². The van der Waals surface area contributed by atoms with Crippen LogP contribution in [0.1, 0.15) is 46.1 Å². The monoisotopic (exact) mass is 420 g/mol. The van der Waals surface area contributed by atoms with Crippen LogP contribution in [0.15, 0.2) is 35.8 Å². The highest BCUT2D eigenvalue weighted by molar-refractivity contribution is 7.14. The number of amides is 2. The van der Waals surface area contributed by atoms with E-state index in [9.17, 15) is 9.59 Å². The number of primary amides is 1. The molecule has 2 amide bonds. The first-order valence-electron chi connectivity index (χ1n) is 9.53. The van der Waals surface area contributed by atoms with E-state index < -0.39 is 5.91 Å². The standard InChI is InChI=1S/C21H20N6O2S/c1-3-13-14(4-2)25-16-7-11(5-6-15(16)24-13)20(29)27-21-26-18(10-30-21)12-8-17(19(22)28)23-9-12/h5-10,23H,3-4H2,1-2H3,(H2,22,28)(H,26,27,29). The number of H-pyrrole nitrogens is 1. The van der Waals surface area contributed by atoms with Crippen molar-refractivity contribution in [3.8, 4) is 11.3 Å². The maximum atomic E-state index is 12.7. The number of nitrogens with one attached hydrogen (secondary N) is 2. The third-order valence-electron chi connectivity index (χ3n) is 4.72. The highest BCUT2D eigenvalue weighted by Gasteiger charge is 2.14. The maximum Gasteiger partial charge on any atom is 0.265 e. The second kappa shape index (κ2) is 8.03. The molecule has 3 heterocycles. The van der Waals surface area contributed by atoms with Crippen LogP contribution in [0, 0.1) is 0 Å². The summed E-state index contributed by atoms with van der Waals surface area (Å²) in [5.41, 5.74) is 10.8. The number of nitrogens with zero attached hydrogens (tertiary/aromatic N) is 3. The van der Waals surface area contributed by atoms with Gasteiger partial charge in [0.1, 0.15) is 5.69 Å². The smallest absolute Gasteiger partial charge is 0.265 e. The number of hydrogen-bond acceptors (Lipinski definition) is 6. The van der Waals surface area contributed by atoms with Gasteiger partial charge in [0.05, 0.1) is 28.1 Å². The molecule has 0 bridgehead atoms. The molecule has 4 aromatic rings. The highest BCUT2D eigenvalue weighted by atomic mass is 32.1. The summed E-state index contributed by atoms with van der Waals surface area (Å²) >= 11 is 1.30. The molecule has 0 aliphatic heterocycles. The molecule has 0 aliphatic carbocycles. The van der Waals surface area contributed by atoms with Crippen molar-refractivity contribution in [3.05, 3.63) is 58.5 Å². The molecular formula is C21H20N6O2S. The molecule has 4 rings (SSSR count). The number of hydrogen-bond donors (Lipinski definition) is 3. The van der Waals surface area contributed by atoms with Gasteiger partial charge in [-0.3, -0.25) is 14.9 Å². The molecule has 4 N–H and O–H groups in total. The molecule has 0 atom stereocenters. The van der Waals surface area contributed by atoms with Crippen LogP contribution in [0.3, 0.4) is 0 Å². The van der Waals surface area contributed by atoms with E-state index >= 15 is 0 Å². The summed E-state index contributed by atoms with van der Waals surface area (Å²) in [6, 6.07) is 6.92. The van der Waals surface area contributed by atoms with E-state index in [-0.39, 0.29) is 5.91 Å². The number of rotatable bonds is 6. The molecule has 9 heteroatoms. The molecule has 3 aromatic heterocycles. The predicted octanol–water partition coefficient (Wildman–Crippen LogP) is 3.56. The lowest BCUT2D eigenvalue weighted by Crippen LogP contribution is -2.12. The zero-order chi connectivity index (χ0) is 21.3. The van der Waals surface area contributed by atoms with Crippen LogP contribution in [0.25, 0.3) is 22.3 Å². The van der Waals surface area contributed by atoms with Crippen LogP contribution in [-0.4, -0.2) is 31.8 Å². The Morgan fingerprint density at radius 1 is 1.07 bits per heavy atom. The van der Waals surface area contributed by atoms with E-state index in [2.05, 4.69) is 32.2 Å². The number of anilines is 1. The van der Waals surface area contributed by atoms with Crippen molar-refractivity contribution in [2.24, 2.45) is 5.73 Å². The number of aromatic nitrogens is 4. The van der Waals surface area contributed by atoms with Gasteiger partial charge in [0.25, 0.3) is 11.8 Å². The van der Waals surface area contributed by atoms with Crippen molar-refractivity contribution in [3.63, 3.8) is 0 Å². The number of carbonyl (C=O) groups is 2. The van der Waals surface area contributed by atoms with Gasteiger partial charge in [-0.05, 0) is 37.1 Å². The molecule has 0 saturated heterocycles. The van der Waals surface area contributed by atoms with Crippen molar-refractivity contribution in [1.82, 2.24) is 19.9 Å². The predicted molar refractivity (Wildman–Crippen MR) is 117 cm³/mol. The Morgan fingerprint density at radius 3 is 2.47 bits per heavy atom. The number of fused-ring (bicyclic) bond motifs is 1. The minimum absolute atomic E-state index is 0.274. The van der Waals surface area contributed by atoms with Crippen LogP contribution in [-0.2, 0) is 12.8 Å². The Hall–Kier alpha value is -3.59. The summed E-state index contributed by atoms with van der Waals surface area (Å²) in [6.45, 7) is 4.10. The number of aryl methyl sites for hydroxylation is 2. The van der Waals surface area contributed by atoms with E-state index in [0.29, 0.717) is 27.6 Å². The molecule has 0 fully saturated rings. The first kappa shape index (κ1) is 19.7. The van der Waals surface area contributed by atoms with Crippen LogP contribution in [0.4, 0.5) is 5.13 Å². The Morgan fingerprint density at radius 2 is 1.80 bits per heavy atom. The molecule has 8 nitrogen and oxygen atoms in total. The van der Waals surface area contributed by atoms with Crippen molar-refractivity contribution in [2.75, 3.05) is 5.32 Å². The fourth-order valence-corrected chi connectivity index (χ4v) is 3.87. The molecular weight excluding hydrogens is 400 g/mol. The first-order chi connectivity index (χ1) is 14.5. The fourth-order valence-electron chi connectivity index (χ4n) is 3.15. The number of benzene rings is 1. The second-order valence-electron chi connectivity index (χ2n) is 6.69. The minimum Gasteiger partial charge on any atom is -0.364 e. The van der Waals surface area contributed by atoms with Gasteiger partial charge >= 0.3 is 0 Å². The molecule has 0 saturated carbocycles. The average Bonchev–Trinajstić information content (AvgIpc) is 3.41. The van der Waals surface area contributed by atoms with E-state index in [0.717, 1.165) is 35.3 Å². The summed E-state index contributed by atoms with van der Waals surface area (Å²) in [5, 5.41) is 5.07. The van der Waals surface area contributed by atoms with E-state index in [1.54, 1.807) is 29.8 Å².